The first kappa shape index (κ1) is 27.0. The van der Waals surface area contributed by atoms with Gasteiger partial charge in [-0.3, -0.25) is 4.79 Å². The Labute approximate surface area is 236 Å². The molecule has 8 nitrogen and oxygen atoms in total. The Balaban J connectivity index is 1.55. The summed E-state index contributed by atoms with van der Waals surface area (Å²) >= 11 is 0. The number of amides is 1. The van der Waals surface area contributed by atoms with Crippen LogP contribution in [0.15, 0.2) is 42.5 Å². The first-order valence-electron chi connectivity index (χ1n) is 13.7. The summed E-state index contributed by atoms with van der Waals surface area (Å²) in [7, 11) is 0. The summed E-state index contributed by atoms with van der Waals surface area (Å²) in [5, 5.41) is 28.2. The molecule has 0 unspecified atom stereocenters. The van der Waals surface area contributed by atoms with E-state index in [4.69, 9.17) is 5.73 Å². The van der Waals surface area contributed by atoms with E-state index in [9.17, 15) is 19.6 Å². The van der Waals surface area contributed by atoms with Crippen LogP contribution >= 0.6 is 0 Å². The number of rotatable bonds is 6. The van der Waals surface area contributed by atoms with E-state index in [1.807, 2.05) is 6.07 Å². The Kier molecular flexibility index (Phi) is 6.59. The average Bonchev–Trinajstić information content (AvgIpc) is 3.56. The van der Waals surface area contributed by atoms with Crippen LogP contribution in [0, 0.1) is 23.0 Å². The minimum Gasteiger partial charge on any atom is -0.389 e. The van der Waals surface area contributed by atoms with Crippen LogP contribution in [-0.2, 0) is 6.54 Å². The van der Waals surface area contributed by atoms with E-state index < -0.39 is 17.2 Å². The second-order valence-corrected chi connectivity index (χ2v) is 11.7. The van der Waals surface area contributed by atoms with Gasteiger partial charge in [-0.05, 0) is 86.1 Å². The number of benzene rings is 3. The predicted octanol–water partition coefficient (Wildman–Crippen LogP) is 4.74. The highest BCUT2D eigenvalue weighted by molar-refractivity contribution is 5.99. The number of likely N-dealkylation sites (tertiary alicyclic amines) is 1. The number of aliphatic hydroxyl groups is 1. The summed E-state index contributed by atoms with van der Waals surface area (Å²) in [6, 6.07) is 12.5. The van der Waals surface area contributed by atoms with E-state index in [1.54, 1.807) is 53.8 Å². The molecule has 3 aromatic carbocycles. The fraction of sp³-hybridized carbons (Fsp3) is 0.355. The largest absolute Gasteiger partial charge is 0.389 e. The quantitative estimate of drug-likeness (QED) is 0.354. The molecular weight excluding hydrogens is 526 g/mol. The van der Waals surface area contributed by atoms with Gasteiger partial charge in [-0.15, -0.1) is 5.10 Å². The molecule has 2 heterocycles. The smallest absolute Gasteiger partial charge is 0.253 e. The minimum absolute atomic E-state index is 0.00691. The molecule has 1 aromatic heterocycles. The Morgan fingerprint density at radius 1 is 1.12 bits per heavy atom. The fourth-order valence-electron chi connectivity index (χ4n) is 5.65. The van der Waals surface area contributed by atoms with Crippen LogP contribution in [0.25, 0.3) is 33.3 Å². The Morgan fingerprint density at radius 2 is 1.90 bits per heavy atom. The number of hydrogen-bond donors (Lipinski definition) is 2. The maximum Gasteiger partial charge on any atom is 0.253 e. The summed E-state index contributed by atoms with van der Waals surface area (Å²) in [4.78, 5) is 15.0. The van der Waals surface area contributed by atoms with Crippen LogP contribution in [0.4, 0.5) is 8.78 Å². The van der Waals surface area contributed by atoms with Gasteiger partial charge in [0.1, 0.15) is 23.2 Å². The van der Waals surface area contributed by atoms with E-state index in [0.717, 1.165) is 12.8 Å². The van der Waals surface area contributed by atoms with Gasteiger partial charge in [-0.25, -0.2) is 13.5 Å². The predicted molar refractivity (Wildman–Crippen MR) is 150 cm³/mol. The molecule has 1 atom stereocenters. The van der Waals surface area contributed by atoms with Gasteiger partial charge in [0.2, 0.25) is 0 Å². The van der Waals surface area contributed by atoms with Crippen LogP contribution in [0.2, 0.25) is 0 Å². The van der Waals surface area contributed by atoms with Gasteiger partial charge >= 0.3 is 0 Å². The molecular formula is C31H30F2N6O2. The summed E-state index contributed by atoms with van der Waals surface area (Å²) < 4.78 is 32.9. The Bertz CT molecular complexity index is 1730. The number of nitriles is 1. The SMILES string of the molecule is CC(C)(O)Cn1nnc2cc(-c3ccc(C(=O)N4CC[C@H](N)C4)cc3-c3ccc(C#N)c(F)c3)c(F)c(C3CC3)c21. The molecule has 1 aliphatic carbocycles. The number of nitrogens with two attached hydrogens (primary N) is 1. The van der Waals surface area contributed by atoms with Crippen molar-refractivity contribution < 1.29 is 18.7 Å². The third-order valence-electron chi connectivity index (χ3n) is 7.76. The third kappa shape index (κ3) is 5.07. The van der Waals surface area contributed by atoms with Crippen molar-refractivity contribution in [2.24, 2.45) is 5.73 Å². The third-order valence-corrected chi connectivity index (χ3v) is 7.76. The van der Waals surface area contributed by atoms with E-state index in [-0.39, 0.29) is 35.5 Å². The molecule has 6 rings (SSSR count). The number of carbonyl (C=O) groups is 1. The molecule has 1 saturated carbocycles. The molecule has 210 valence electrons. The number of hydrogen-bond acceptors (Lipinski definition) is 6. The number of aromatic nitrogens is 3. The van der Waals surface area contributed by atoms with Gasteiger partial charge in [0, 0.05) is 35.8 Å². The molecule has 41 heavy (non-hydrogen) atoms. The molecule has 1 amide bonds. The summed E-state index contributed by atoms with van der Waals surface area (Å²) in [5.41, 5.74) is 8.31. The molecule has 3 N–H and O–H groups in total. The van der Waals surface area contributed by atoms with Gasteiger partial charge < -0.3 is 15.7 Å². The second kappa shape index (κ2) is 10.0. The van der Waals surface area contributed by atoms with Crippen LogP contribution < -0.4 is 5.73 Å². The van der Waals surface area contributed by atoms with Crippen molar-refractivity contribution >= 4 is 16.9 Å². The molecule has 2 aliphatic rings. The first-order chi connectivity index (χ1) is 19.5. The minimum atomic E-state index is -1.08. The van der Waals surface area contributed by atoms with Gasteiger partial charge in [-0.2, -0.15) is 5.26 Å². The van der Waals surface area contributed by atoms with Crippen molar-refractivity contribution in [1.82, 2.24) is 19.9 Å². The van der Waals surface area contributed by atoms with Crippen molar-refractivity contribution in [3.8, 4) is 28.3 Å². The van der Waals surface area contributed by atoms with Gasteiger partial charge in [0.05, 0.1) is 23.2 Å². The van der Waals surface area contributed by atoms with Crippen LogP contribution in [-0.4, -0.2) is 55.6 Å². The summed E-state index contributed by atoms with van der Waals surface area (Å²) in [5.74, 6) is -1.35. The molecule has 2 fully saturated rings. The maximum absolute atomic E-state index is 16.6. The summed E-state index contributed by atoms with van der Waals surface area (Å²) in [6.07, 6.45) is 2.35. The lowest BCUT2D eigenvalue weighted by molar-refractivity contribution is 0.0584. The van der Waals surface area contributed by atoms with Crippen molar-refractivity contribution in [2.75, 3.05) is 13.1 Å². The topological polar surface area (TPSA) is 121 Å². The zero-order valence-electron chi connectivity index (χ0n) is 22.9. The molecule has 0 bridgehead atoms. The van der Waals surface area contributed by atoms with Crippen LogP contribution in [0.1, 0.15) is 60.5 Å². The van der Waals surface area contributed by atoms with Gasteiger partial charge in [0.25, 0.3) is 5.91 Å². The van der Waals surface area contributed by atoms with Crippen molar-refractivity contribution in [3.63, 3.8) is 0 Å². The van der Waals surface area contributed by atoms with E-state index in [0.29, 0.717) is 58.4 Å². The average molecular weight is 557 g/mol. The Morgan fingerprint density at radius 3 is 2.54 bits per heavy atom. The van der Waals surface area contributed by atoms with Crippen molar-refractivity contribution in [2.45, 2.75) is 57.2 Å². The maximum atomic E-state index is 16.6. The second-order valence-electron chi connectivity index (χ2n) is 11.7. The van der Waals surface area contributed by atoms with Gasteiger partial charge in [-0.1, -0.05) is 17.3 Å². The number of nitrogens with zero attached hydrogens (tertiary/aromatic N) is 5. The van der Waals surface area contributed by atoms with Crippen molar-refractivity contribution in [3.05, 3.63) is 70.8 Å². The van der Waals surface area contributed by atoms with Crippen molar-refractivity contribution in [1.29, 1.82) is 5.26 Å². The zero-order chi connectivity index (χ0) is 29.1. The normalized spacial score (nSPS) is 17.3. The van der Waals surface area contributed by atoms with Crippen LogP contribution in [0.5, 0.6) is 0 Å². The molecule has 0 spiro atoms. The summed E-state index contributed by atoms with van der Waals surface area (Å²) in [6.45, 7) is 4.44. The highest BCUT2D eigenvalue weighted by Gasteiger charge is 2.34. The monoisotopic (exact) mass is 556 g/mol. The molecule has 4 aromatic rings. The number of carbonyl (C=O) groups excluding carboxylic acids is 1. The lowest BCUT2D eigenvalue weighted by atomic mass is 9.90. The molecule has 0 radical (unpaired) electrons. The highest BCUT2D eigenvalue weighted by atomic mass is 19.1. The molecule has 10 heteroatoms. The van der Waals surface area contributed by atoms with Crippen LogP contribution in [0.3, 0.4) is 0 Å². The fourth-order valence-corrected chi connectivity index (χ4v) is 5.65. The standard InChI is InChI=1S/C31H30F2N6O2/c1-31(2,41)16-39-29-26(36-37-39)13-24(28(33)27(29)17-3-4-17)22-8-7-19(30(40)38-10-9-21(35)15-38)11-23(22)18-5-6-20(14-34)25(32)12-18/h5-8,11-13,17,21,41H,3-4,9-10,15-16,35H2,1-2H3/t21-/m0/s1. The molecule has 1 aliphatic heterocycles. The number of halogens is 2. The molecule has 1 saturated heterocycles. The Hall–Kier alpha value is -4.20. The first-order valence-corrected chi connectivity index (χ1v) is 13.7. The lowest BCUT2D eigenvalue weighted by Crippen LogP contribution is -2.31. The number of fused-ring (bicyclic) bond motifs is 1. The van der Waals surface area contributed by atoms with E-state index in [1.165, 1.54) is 12.1 Å². The van der Waals surface area contributed by atoms with E-state index >= 15 is 4.39 Å². The van der Waals surface area contributed by atoms with E-state index in [2.05, 4.69) is 10.3 Å². The highest BCUT2D eigenvalue weighted by Crippen LogP contribution is 2.47. The zero-order valence-corrected chi connectivity index (χ0v) is 22.9. The van der Waals surface area contributed by atoms with Gasteiger partial charge in [0.15, 0.2) is 0 Å². The lowest BCUT2D eigenvalue weighted by Gasteiger charge is -2.20.